The summed E-state index contributed by atoms with van der Waals surface area (Å²) in [5.74, 6) is 1.81. The highest BCUT2D eigenvalue weighted by atomic mass is 16.5. The van der Waals surface area contributed by atoms with Gasteiger partial charge in [-0.2, -0.15) is 0 Å². The molecule has 0 fully saturated rings. The van der Waals surface area contributed by atoms with Gasteiger partial charge >= 0.3 is 0 Å². The third kappa shape index (κ3) is 2.62. The van der Waals surface area contributed by atoms with E-state index in [9.17, 15) is 4.79 Å². The first-order chi connectivity index (χ1) is 11.6. The predicted molar refractivity (Wildman–Crippen MR) is 93.1 cm³/mol. The van der Waals surface area contributed by atoms with Gasteiger partial charge in [0.25, 0.3) is 0 Å². The molecule has 0 atom stereocenters. The fraction of sp³-hybridized carbons (Fsp3) is 0.350. The largest absolute Gasteiger partial charge is 0.493 e. The van der Waals surface area contributed by atoms with Crippen LogP contribution >= 0.6 is 0 Å². The first kappa shape index (κ1) is 15.1. The molecule has 4 nitrogen and oxygen atoms in total. The number of hydrogen-bond donors (Lipinski definition) is 1. The second-order valence-corrected chi connectivity index (χ2v) is 6.56. The zero-order chi connectivity index (χ0) is 16.7. The van der Waals surface area contributed by atoms with Crippen molar-refractivity contribution in [2.75, 3.05) is 18.5 Å². The summed E-state index contributed by atoms with van der Waals surface area (Å²) < 4.78 is 11.5. The van der Waals surface area contributed by atoms with Crippen LogP contribution in [0.3, 0.4) is 0 Å². The summed E-state index contributed by atoms with van der Waals surface area (Å²) in [6, 6.07) is 8.13. The van der Waals surface area contributed by atoms with Crippen LogP contribution < -0.4 is 14.8 Å². The zero-order valence-corrected chi connectivity index (χ0v) is 14.1. The number of aryl methyl sites for hydroxylation is 2. The van der Waals surface area contributed by atoms with Crippen molar-refractivity contribution in [2.24, 2.45) is 0 Å². The van der Waals surface area contributed by atoms with Gasteiger partial charge in [-0.15, -0.1) is 0 Å². The van der Waals surface area contributed by atoms with E-state index in [1.54, 1.807) is 0 Å². The molecule has 0 saturated carbocycles. The van der Waals surface area contributed by atoms with Crippen molar-refractivity contribution in [3.05, 3.63) is 52.1 Å². The SMILES string of the molecule is Cc1ccc(NC(=O)Cc2c3c(cc4c2OCC4)OCC3)c(C)c1. The molecule has 1 N–H and O–H groups in total. The first-order valence-electron chi connectivity index (χ1n) is 8.42. The van der Waals surface area contributed by atoms with E-state index >= 15 is 0 Å². The Kier molecular flexibility index (Phi) is 3.68. The number of carbonyl (C=O) groups is 1. The lowest BCUT2D eigenvalue weighted by molar-refractivity contribution is -0.115. The maximum atomic E-state index is 12.6. The van der Waals surface area contributed by atoms with Crippen molar-refractivity contribution >= 4 is 11.6 Å². The van der Waals surface area contributed by atoms with Crippen LogP contribution in [-0.4, -0.2) is 19.1 Å². The Hall–Kier alpha value is -2.49. The van der Waals surface area contributed by atoms with Crippen molar-refractivity contribution < 1.29 is 14.3 Å². The van der Waals surface area contributed by atoms with Gasteiger partial charge in [-0.05, 0) is 31.5 Å². The van der Waals surface area contributed by atoms with E-state index in [-0.39, 0.29) is 5.91 Å². The van der Waals surface area contributed by atoms with Crippen LogP contribution in [-0.2, 0) is 24.1 Å². The smallest absolute Gasteiger partial charge is 0.228 e. The molecule has 0 bridgehead atoms. The van der Waals surface area contributed by atoms with Gasteiger partial charge in [-0.25, -0.2) is 0 Å². The van der Waals surface area contributed by atoms with E-state index in [1.807, 2.05) is 26.0 Å². The number of amides is 1. The molecule has 4 heteroatoms. The summed E-state index contributed by atoms with van der Waals surface area (Å²) in [6.45, 7) is 5.43. The van der Waals surface area contributed by atoms with Crippen LogP contribution in [0.2, 0.25) is 0 Å². The van der Waals surface area contributed by atoms with Crippen molar-refractivity contribution in [1.29, 1.82) is 0 Å². The second kappa shape index (κ2) is 5.86. The van der Waals surface area contributed by atoms with Crippen LogP contribution in [0.4, 0.5) is 5.69 Å². The fourth-order valence-electron chi connectivity index (χ4n) is 3.58. The third-order valence-electron chi connectivity index (χ3n) is 4.75. The molecule has 0 aromatic heterocycles. The van der Waals surface area contributed by atoms with Gasteiger partial charge in [-0.3, -0.25) is 4.79 Å². The zero-order valence-electron chi connectivity index (χ0n) is 14.1. The maximum absolute atomic E-state index is 12.6. The van der Waals surface area contributed by atoms with Gasteiger partial charge in [0.05, 0.1) is 19.6 Å². The van der Waals surface area contributed by atoms with Gasteiger partial charge in [0, 0.05) is 35.2 Å². The van der Waals surface area contributed by atoms with E-state index < -0.39 is 0 Å². The number of hydrogen-bond acceptors (Lipinski definition) is 3. The van der Waals surface area contributed by atoms with E-state index in [4.69, 9.17) is 9.47 Å². The van der Waals surface area contributed by atoms with Gasteiger partial charge in [0.1, 0.15) is 11.5 Å². The molecular formula is C20H21NO3. The fourth-order valence-corrected chi connectivity index (χ4v) is 3.58. The summed E-state index contributed by atoms with van der Waals surface area (Å²) in [5, 5.41) is 3.03. The van der Waals surface area contributed by atoms with Gasteiger partial charge < -0.3 is 14.8 Å². The van der Waals surface area contributed by atoms with Crippen molar-refractivity contribution in [3.63, 3.8) is 0 Å². The molecule has 124 valence electrons. The Morgan fingerprint density at radius 1 is 1.12 bits per heavy atom. The molecule has 2 aromatic carbocycles. The normalized spacial score (nSPS) is 14.6. The molecule has 0 unspecified atom stereocenters. The van der Waals surface area contributed by atoms with E-state index in [1.165, 1.54) is 5.56 Å². The number of nitrogens with one attached hydrogen (secondary N) is 1. The topological polar surface area (TPSA) is 47.6 Å². The minimum atomic E-state index is -0.0139. The lowest BCUT2D eigenvalue weighted by Crippen LogP contribution is -2.16. The first-order valence-corrected chi connectivity index (χ1v) is 8.42. The predicted octanol–water partition coefficient (Wildman–Crippen LogP) is 3.35. The Balaban J connectivity index is 1.60. The standard InChI is InChI=1S/C20H21NO3/c1-12-3-4-17(13(2)9-12)21-19(22)11-16-15-6-8-23-18(15)10-14-5-7-24-20(14)16/h3-4,9-10H,5-8,11H2,1-2H3,(H,21,22). The van der Waals surface area contributed by atoms with Crippen molar-refractivity contribution in [1.82, 2.24) is 0 Å². The molecular weight excluding hydrogens is 302 g/mol. The Morgan fingerprint density at radius 2 is 1.96 bits per heavy atom. The quantitative estimate of drug-likeness (QED) is 0.942. The molecule has 2 heterocycles. The highest BCUT2D eigenvalue weighted by Crippen LogP contribution is 2.40. The minimum absolute atomic E-state index is 0.0139. The minimum Gasteiger partial charge on any atom is -0.493 e. The Labute approximate surface area is 141 Å². The average molecular weight is 323 g/mol. The number of fused-ring (bicyclic) bond motifs is 2. The molecule has 0 saturated heterocycles. The van der Waals surface area contributed by atoms with E-state index in [2.05, 4.69) is 17.4 Å². The van der Waals surface area contributed by atoms with Crippen LogP contribution in [0.25, 0.3) is 0 Å². The molecule has 0 radical (unpaired) electrons. The summed E-state index contributed by atoms with van der Waals surface area (Å²) in [7, 11) is 0. The molecule has 2 aromatic rings. The van der Waals surface area contributed by atoms with Crippen molar-refractivity contribution in [3.8, 4) is 11.5 Å². The molecule has 0 spiro atoms. The summed E-state index contributed by atoms with van der Waals surface area (Å²) in [5.41, 5.74) is 6.42. The maximum Gasteiger partial charge on any atom is 0.228 e. The molecule has 2 aliphatic heterocycles. The van der Waals surface area contributed by atoms with Gasteiger partial charge in [-0.1, -0.05) is 17.7 Å². The monoisotopic (exact) mass is 323 g/mol. The number of benzene rings is 2. The van der Waals surface area contributed by atoms with Crippen LogP contribution in [0.15, 0.2) is 24.3 Å². The summed E-state index contributed by atoms with van der Waals surface area (Å²) in [4.78, 5) is 12.6. The number of ether oxygens (including phenoxy) is 2. The Bertz CT molecular complexity index is 794. The van der Waals surface area contributed by atoms with Crippen LogP contribution in [0.5, 0.6) is 11.5 Å². The third-order valence-corrected chi connectivity index (χ3v) is 4.75. The second-order valence-electron chi connectivity index (χ2n) is 6.56. The van der Waals surface area contributed by atoms with Crippen molar-refractivity contribution in [2.45, 2.75) is 33.1 Å². The molecule has 0 aliphatic carbocycles. The number of rotatable bonds is 3. The number of carbonyl (C=O) groups excluding carboxylic acids is 1. The van der Waals surface area contributed by atoms with E-state index in [0.29, 0.717) is 19.6 Å². The van der Waals surface area contributed by atoms with E-state index in [0.717, 1.165) is 52.3 Å². The van der Waals surface area contributed by atoms with Crippen LogP contribution in [0.1, 0.15) is 27.8 Å². The summed E-state index contributed by atoms with van der Waals surface area (Å²) in [6.07, 6.45) is 2.05. The lowest BCUT2D eigenvalue weighted by Gasteiger charge is -2.14. The highest BCUT2D eigenvalue weighted by Gasteiger charge is 2.27. The van der Waals surface area contributed by atoms with Crippen LogP contribution in [0, 0.1) is 13.8 Å². The number of anilines is 1. The molecule has 4 rings (SSSR count). The molecule has 1 amide bonds. The Morgan fingerprint density at radius 3 is 2.79 bits per heavy atom. The molecule has 2 aliphatic rings. The van der Waals surface area contributed by atoms with Gasteiger partial charge in [0.2, 0.25) is 5.91 Å². The lowest BCUT2D eigenvalue weighted by atomic mass is 9.97. The summed E-state index contributed by atoms with van der Waals surface area (Å²) >= 11 is 0. The van der Waals surface area contributed by atoms with Gasteiger partial charge in [0.15, 0.2) is 0 Å². The average Bonchev–Trinajstić information content (AvgIpc) is 3.18. The highest BCUT2D eigenvalue weighted by molar-refractivity contribution is 5.93. The molecule has 24 heavy (non-hydrogen) atoms.